The van der Waals surface area contributed by atoms with Crippen LogP contribution in [0.15, 0.2) is 18.2 Å². The number of rotatable bonds is 7. The molecule has 0 radical (unpaired) electrons. The van der Waals surface area contributed by atoms with Gasteiger partial charge in [0.25, 0.3) is 0 Å². The zero-order valence-corrected chi connectivity index (χ0v) is 12.2. The highest BCUT2D eigenvalue weighted by molar-refractivity contribution is 5.31. The van der Waals surface area contributed by atoms with E-state index in [2.05, 4.69) is 11.4 Å². The monoisotopic (exact) mass is 289 g/mol. The zero-order valence-electron chi connectivity index (χ0n) is 12.2. The van der Waals surface area contributed by atoms with Crippen LogP contribution in [0.3, 0.4) is 0 Å². The van der Waals surface area contributed by atoms with Crippen molar-refractivity contribution in [1.29, 1.82) is 0 Å². The summed E-state index contributed by atoms with van der Waals surface area (Å²) in [6.45, 7) is 5.51. The van der Waals surface area contributed by atoms with Crippen molar-refractivity contribution < 1.29 is 17.9 Å². The zero-order chi connectivity index (χ0) is 15.2. The highest BCUT2D eigenvalue weighted by Gasteiger charge is 2.27. The Morgan fingerprint density at radius 3 is 2.55 bits per heavy atom. The summed E-state index contributed by atoms with van der Waals surface area (Å²) in [4.78, 5) is 0. The Morgan fingerprint density at radius 2 is 1.95 bits per heavy atom. The molecule has 1 aromatic carbocycles. The van der Waals surface area contributed by atoms with E-state index < -0.39 is 12.8 Å². The first kappa shape index (κ1) is 17.0. The third kappa shape index (κ3) is 6.39. The molecule has 0 aliphatic rings. The van der Waals surface area contributed by atoms with Gasteiger partial charge in [-0.15, -0.1) is 0 Å². The second-order valence-electron chi connectivity index (χ2n) is 5.02. The van der Waals surface area contributed by atoms with Crippen LogP contribution in [0.2, 0.25) is 0 Å². The molecule has 1 aromatic rings. The van der Waals surface area contributed by atoms with Crippen molar-refractivity contribution >= 4 is 0 Å². The molecular weight excluding hydrogens is 267 g/mol. The maximum atomic E-state index is 12.1. The Kier molecular flexibility index (Phi) is 6.49. The molecule has 0 aromatic heterocycles. The maximum Gasteiger partial charge on any atom is 0.411 e. The molecule has 0 heterocycles. The number of hydrogen-bond donors (Lipinski definition) is 1. The molecule has 20 heavy (non-hydrogen) atoms. The fourth-order valence-electron chi connectivity index (χ4n) is 2.08. The van der Waals surface area contributed by atoms with Gasteiger partial charge in [0.2, 0.25) is 0 Å². The number of likely N-dealkylation sites (N-methyl/N-ethyl adjacent to an activating group) is 1. The largest absolute Gasteiger partial charge is 0.411 e. The standard InChI is InChI=1S/C15H22F3NO/c1-4-19-14(9-20-10-15(16,17)18)8-13-7-11(2)5-6-12(13)3/h5-7,14,19H,4,8-10H2,1-3H3. The molecule has 1 unspecified atom stereocenters. The fraction of sp³-hybridized carbons (Fsp3) is 0.600. The van der Waals surface area contributed by atoms with Crippen LogP contribution in [0.4, 0.5) is 13.2 Å². The molecule has 0 amide bonds. The Labute approximate surface area is 118 Å². The smallest absolute Gasteiger partial charge is 0.370 e. The van der Waals surface area contributed by atoms with Gasteiger partial charge < -0.3 is 10.1 Å². The van der Waals surface area contributed by atoms with Gasteiger partial charge in [0.15, 0.2) is 0 Å². The number of hydrogen-bond acceptors (Lipinski definition) is 2. The Balaban J connectivity index is 2.60. The van der Waals surface area contributed by atoms with Crippen LogP contribution in [0.1, 0.15) is 23.6 Å². The van der Waals surface area contributed by atoms with Gasteiger partial charge in [-0.2, -0.15) is 13.2 Å². The average molecular weight is 289 g/mol. The van der Waals surface area contributed by atoms with E-state index in [0.29, 0.717) is 13.0 Å². The second kappa shape index (κ2) is 7.64. The number of nitrogens with one attached hydrogen (secondary N) is 1. The first-order valence-corrected chi connectivity index (χ1v) is 6.76. The predicted molar refractivity (Wildman–Crippen MR) is 74.0 cm³/mol. The summed E-state index contributed by atoms with van der Waals surface area (Å²) in [5.74, 6) is 0. The van der Waals surface area contributed by atoms with Crippen molar-refractivity contribution in [3.8, 4) is 0 Å². The summed E-state index contributed by atoms with van der Waals surface area (Å²) < 4.78 is 41.0. The van der Waals surface area contributed by atoms with Crippen LogP contribution in [0.25, 0.3) is 0 Å². The van der Waals surface area contributed by atoms with E-state index in [1.54, 1.807) is 0 Å². The molecule has 1 rings (SSSR count). The number of halogens is 3. The molecule has 0 saturated heterocycles. The molecule has 1 atom stereocenters. The van der Waals surface area contributed by atoms with Gasteiger partial charge in [-0.25, -0.2) is 0 Å². The van der Waals surface area contributed by atoms with Gasteiger partial charge in [-0.3, -0.25) is 0 Å². The molecule has 0 aliphatic carbocycles. The van der Waals surface area contributed by atoms with Crippen molar-refractivity contribution in [2.75, 3.05) is 19.8 Å². The summed E-state index contributed by atoms with van der Waals surface area (Å²) in [6.07, 6.45) is -3.60. The number of alkyl halides is 3. The van der Waals surface area contributed by atoms with Crippen LogP contribution in [-0.4, -0.2) is 32.0 Å². The van der Waals surface area contributed by atoms with Crippen molar-refractivity contribution in [3.63, 3.8) is 0 Å². The van der Waals surface area contributed by atoms with Gasteiger partial charge >= 0.3 is 6.18 Å². The summed E-state index contributed by atoms with van der Waals surface area (Å²) in [5.41, 5.74) is 3.44. The highest BCUT2D eigenvalue weighted by atomic mass is 19.4. The molecule has 0 saturated carbocycles. The van der Waals surface area contributed by atoms with Gasteiger partial charge in [-0.05, 0) is 37.9 Å². The Morgan fingerprint density at radius 1 is 1.25 bits per heavy atom. The maximum absolute atomic E-state index is 12.1. The summed E-state index contributed by atoms with van der Waals surface area (Å²) >= 11 is 0. The lowest BCUT2D eigenvalue weighted by Crippen LogP contribution is -2.36. The van der Waals surface area contributed by atoms with E-state index in [1.807, 2.05) is 32.9 Å². The minimum atomic E-state index is -4.27. The molecule has 0 aliphatic heterocycles. The first-order chi connectivity index (χ1) is 9.31. The van der Waals surface area contributed by atoms with Crippen molar-refractivity contribution in [2.24, 2.45) is 0 Å². The molecular formula is C15H22F3NO. The first-order valence-electron chi connectivity index (χ1n) is 6.76. The Bertz CT molecular complexity index is 418. The lowest BCUT2D eigenvalue weighted by atomic mass is 9.99. The summed E-state index contributed by atoms with van der Waals surface area (Å²) in [5, 5.41) is 3.17. The SMILES string of the molecule is CCNC(COCC(F)(F)F)Cc1cc(C)ccc1C. The average Bonchev–Trinajstić information content (AvgIpc) is 2.32. The van der Waals surface area contributed by atoms with Crippen LogP contribution in [0.5, 0.6) is 0 Å². The minimum absolute atomic E-state index is 0.0563. The topological polar surface area (TPSA) is 21.3 Å². The van der Waals surface area contributed by atoms with Crippen molar-refractivity contribution in [3.05, 3.63) is 34.9 Å². The summed E-state index contributed by atoms with van der Waals surface area (Å²) in [6, 6.07) is 6.03. The third-order valence-corrected chi connectivity index (χ3v) is 3.05. The molecule has 2 nitrogen and oxygen atoms in total. The van der Waals surface area contributed by atoms with Gasteiger partial charge in [-0.1, -0.05) is 30.7 Å². The highest BCUT2D eigenvalue weighted by Crippen LogP contribution is 2.16. The van der Waals surface area contributed by atoms with E-state index in [-0.39, 0.29) is 12.6 Å². The van der Waals surface area contributed by atoms with E-state index in [4.69, 9.17) is 4.74 Å². The van der Waals surface area contributed by atoms with Gasteiger partial charge in [0, 0.05) is 6.04 Å². The lowest BCUT2D eigenvalue weighted by molar-refractivity contribution is -0.175. The normalized spacial score (nSPS) is 13.5. The van der Waals surface area contributed by atoms with Crippen LogP contribution in [0, 0.1) is 13.8 Å². The predicted octanol–water partition coefficient (Wildman–Crippen LogP) is 3.40. The van der Waals surface area contributed by atoms with Crippen LogP contribution in [-0.2, 0) is 11.2 Å². The van der Waals surface area contributed by atoms with E-state index in [9.17, 15) is 13.2 Å². The molecule has 0 fully saturated rings. The quantitative estimate of drug-likeness (QED) is 0.830. The molecule has 0 bridgehead atoms. The molecule has 5 heteroatoms. The lowest BCUT2D eigenvalue weighted by Gasteiger charge is -2.20. The minimum Gasteiger partial charge on any atom is -0.370 e. The van der Waals surface area contributed by atoms with Crippen LogP contribution >= 0.6 is 0 Å². The van der Waals surface area contributed by atoms with E-state index in [1.165, 1.54) is 0 Å². The third-order valence-electron chi connectivity index (χ3n) is 3.05. The number of aryl methyl sites for hydroxylation is 2. The Hall–Kier alpha value is -1.07. The van der Waals surface area contributed by atoms with Crippen molar-refractivity contribution in [1.82, 2.24) is 5.32 Å². The fourth-order valence-corrected chi connectivity index (χ4v) is 2.08. The van der Waals surface area contributed by atoms with E-state index >= 15 is 0 Å². The van der Waals surface area contributed by atoms with Crippen LogP contribution < -0.4 is 5.32 Å². The van der Waals surface area contributed by atoms with Gasteiger partial charge in [0.05, 0.1) is 6.61 Å². The molecule has 1 N–H and O–H groups in total. The molecule has 0 spiro atoms. The van der Waals surface area contributed by atoms with Crippen molar-refractivity contribution in [2.45, 2.75) is 39.4 Å². The molecule has 114 valence electrons. The van der Waals surface area contributed by atoms with E-state index in [0.717, 1.165) is 16.7 Å². The summed E-state index contributed by atoms with van der Waals surface area (Å²) in [7, 11) is 0. The number of benzene rings is 1. The number of ether oxygens (including phenoxy) is 1. The van der Waals surface area contributed by atoms with Gasteiger partial charge in [0.1, 0.15) is 6.61 Å². The second-order valence-corrected chi connectivity index (χ2v) is 5.02.